The summed E-state index contributed by atoms with van der Waals surface area (Å²) in [6.45, 7) is 13.7. The van der Waals surface area contributed by atoms with E-state index in [4.69, 9.17) is 11.6 Å². The quantitative estimate of drug-likeness (QED) is 0.671. The first kappa shape index (κ1) is 13.2. The standard InChI is InChI=1S/C10H12ClN.C2H6/c1-6(2)10-9(11)5-7(3)8(4)12-10;1-2/h5H,1H2,2-4H3;1-2H3. The van der Waals surface area contributed by atoms with E-state index >= 15 is 0 Å². The summed E-state index contributed by atoms with van der Waals surface area (Å²) < 4.78 is 0. The molecule has 0 aliphatic rings. The Kier molecular flexibility index (Phi) is 5.47. The lowest BCUT2D eigenvalue weighted by Crippen LogP contribution is -1.93. The van der Waals surface area contributed by atoms with Crippen molar-refractivity contribution < 1.29 is 0 Å². The largest absolute Gasteiger partial charge is 0.252 e. The molecule has 0 N–H and O–H groups in total. The van der Waals surface area contributed by atoms with Crippen LogP contribution in [0.15, 0.2) is 12.6 Å². The minimum absolute atomic E-state index is 0.686. The van der Waals surface area contributed by atoms with Crippen LogP contribution in [0.3, 0.4) is 0 Å². The van der Waals surface area contributed by atoms with Crippen LogP contribution in [-0.4, -0.2) is 4.98 Å². The molecule has 1 nitrogen and oxygen atoms in total. The second-order valence-electron chi connectivity index (χ2n) is 3.00. The summed E-state index contributed by atoms with van der Waals surface area (Å²) in [6, 6.07) is 1.92. The van der Waals surface area contributed by atoms with Crippen LogP contribution in [0, 0.1) is 13.8 Å². The van der Waals surface area contributed by atoms with E-state index < -0.39 is 0 Å². The van der Waals surface area contributed by atoms with E-state index in [1.807, 2.05) is 40.7 Å². The molecule has 78 valence electrons. The monoisotopic (exact) mass is 211 g/mol. The average molecular weight is 212 g/mol. The fraction of sp³-hybridized carbons (Fsp3) is 0.417. The number of hydrogen-bond donors (Lipinski definition) is 0. The van der Waals surface area contributed by atoms with Gasteiger partial charge in [0.15, 0.2) is 0 Å². The molecule has 0 amide bonds. The molecule has 0 unspecified atom stereocenters. The molecule has 1 rings (SSSR count). The lowest BCUT2D eigenvalue weighted by molar-refractivity contribution is 1.12. The molecule has 0 spiro atoms. The van der Waals surface area contributed by atoms with Gasteiger partial charge in [-0.1, -0.05) is 32.0 Å². The van der Waals surface area contributed by atoms with Crippen molar-refractivity contribution in [3.05, 3.63) is 34.6 Å². The van der Waals surface area contributed by atoms with Crippen molar-refractivity contribution in [1.29, 1.82) is 0 Å². The van der Waals surface area contributed by atoms with Gasteiger partial charge in [-0.05, 0) is 38.0 Å². The van der Waals surface area contributed by atoms with Crippen LogP contribution in [0.4, 0.5) is 0 Å². The molecule has 14 heavy (non-hydrogen) atoms. The molecule has 0 fully saturated rings. The molecule has 1 aromatic heterocycles. The Morgan fingerprint density at radius 3 is 2.29 bits per heavy atom. The number of halogens is 1. The fourth-order valence-electron chi connectivity index (χ4n) is 0.971. The first-order valence-electron chi connectivity index (χ1n) is 4.82. The van der Waals surface area contributed by atoms with Crippen LogP contribution in [-0.2, 0) is 0 Å². The van der Waals surface area contributed by atoms with Gasteiger partial charge in [-0.25, -0.2) is 0 Å². The molecule has 1 aromatic rings. The zero-order valence-electron chi connectivity index (χ0n) is 9.61. The highest BCUT2D eigenvalue weighted by molar-refractivity contribution is 6.32. The van der Waals surface area contributed by atoms with Crippen LogP contribution in [0.1, 0.15) is 37.7 Å². The van der Waals surface area contributed by atoms with Gasteiger partial charge in [0.2, 0.25) is 0 Å². The third kappa shape index (κ3) is 3.15. The van der Waals surface area contributed by atoms with Crippen LogP contribution in [0.5, 0.6) is 0 Å². The number of nitrogens with zero attached hydrogens (tertiary/aromatic N) is 1. The van der Waals surface area contributed by atoms with Gasteiger partial charge in [0, 0.05) is 5.69 Å². The van der Waals surface area contributed by atoms with E-state index in [-0.39, 0.29) is 0 Å². The summed E-state index contributed by atoms with van der Waals surface area (Å²) in [4.78, 5) is 4.34. The SMILES string of the molecule is C=C(C)c1nc(C)c(C)cc1Cl.CC. The maximum atomic E-state index is 5.97. The van der Waals surface area contributed by atoms with Crippen molar-refractivity contribution in [2.45, 2.75) is 34.6 Å². The number of rotatable bonds is 1. The van der Waals surface area contributed by atoms with Crippen molar-refractivity contribution in [3.63, 3.8) is 0 Å². The molecule has 2 heteroatoms. The van der Waals surface area contributed by atoms with Gasteiger partial charge in [0.1, 0.15) is 0 Å². The van der Waals surface area contributed by atoms with Crippen molar-refractivity contribution in [2.75, 3.05) is 0 Å². The predicted molar refractivity (Wildman–Crippen MR) is 64.8 cm³/mol. The Balaban J connectivity index is 0.000000791. The highest BCUT2D eigenvalue weighted by Crippen LogP contribution is 2.22. The van der Waals surface area contributed by atoms with Gasteiger partial charge >= 0.3 is 0 Å². The summed E-state index contributed by atoms with van der Waals surface area (Å²) >= 11 is 5.97. The van der Waals surface area contributed by atoms with Crippen molar-refractivity contribution in [3.8, 4) is 0 Å². The molecule has 0 radical (unpaired) electrons. The van der Waals surface area contributed by atoms with Crippen molar-refractivity contribution in [1.82, 2.24) is 4.98 Å². The van der Waals surface area contributed by atoms with Gasteiger partial charge < -0.3 is 0 Å². The molecular formula is C12H18ClN. The number of aryl methyl sites for hydroxylation is 2. The predicted octanol–water partition coefficient (Wildman–Crippen LogP) is 4.41. The maximum absolute atomic E-state index is 5.97. The van der Waals surface area contributed by atoms with E-state index in [0.717, 1.165) is 22.5 Å². The second kappa shape index (κ2) is 5.82. The lowest BCUT2D eigenvalue weighted by atomic mass is 10.1. The van der Waals surface area contributed by atoms with Crippen LogP contribution in [0.25, 0.3) is 5.57 Å². The van der Waals surface area contributed by atoms with Crippen LogP contribution in [0.2, 0.25) is 5.02 Å². The fourth-order valence-corrected chi connectivity index (χ4v) is 1.34. The number of aromatic nitrogens is 1. The Labute approximate surface area is 91.8 Å². The number of allylic oxidation sites excluding steroid dienone is 1. The van der Waals surface area contributed by atoms with Gasteiger partial charge in [-0.15, -0.1) is 0 Å². The molecular weight excluding hydrogens is 194 g/mol. The van der Waals surface area contributed by atoms with E-state index in [0.29, 0.717) is 5.02 Å². The summed E-state index contributed by atoms with van der Waals surface area (Å²) in [5.41, 5.74) is 3.84. The Hall–Kier alpha value is -0.820. The number of pyridine rings is 1. The van der Waals surface area contributed by atoms with Gasteiger partial charge in [-0.3, -0.25) is 4.98 Å². The minimum atomic E-state index is 0.686. The average Bonchev–Trinajstić information content (AvgIpc) is 2.14. The number of hydrogen-bond acceptors (Lipinski definition) is 1. The lowest BCUT2D eigenvalue weighted by Gasteiger charge is -2.05. The van der Waals surface area contributed by atoms with Crippen LogP contribution < -0.4 is 0 Å². The van der Waals surface area contributed by atoms with E-state index in [9.17, 15) is 0 Å². The zero-order chi connectivity index (χ0) is 11.3. The van der Waals surface area contributed by atoms with Gasteiger partial charge in [0.25, 0.3) is 0 Å². The highest BCUT2D eigenvalue weighted by Gasteiger charge is 2.04. The first-order valence-corrected chi connectivity index (χ1v) is 5.20. The Bertz CT molecular complexity index is 329. The minimum Gasteiger partial charge on any atom is -0.252 e. The van der Waals surface area contributed by atoms with Crippen LogP contribution >= 0.6 is 11.6 Å². The first-order chi connectivity index (χ1) is 6.52. The molecule has 0 atom stereocenters. The third-order valence-corrected chi connectivity index (χ3v) is 2.11. The van der Waals surface area contributed by atoms with E-state index in [1.165, 1.54) is 0 Å². The summed E-state index contributed by atoms with van der Waals surface area (Å²) in [7, 11) is 0. The molecule has 0 saturated carbocycles. The zero-order valence-corrected chi connectivity index (χ0v) is 10.4. The van der Waals surface area contributed by atoms with Crippen molar-refractivity contribution in [2.24, 2.45) is 0 Å². The Morgan fingerprint density at radius 2 is 1.86 bits per heavy atom. The Morgan fingerprint density at radius 1 is 1.36 bits per heavy atom. The summed E-state index contributed by atoms with van der Waals surface area (Å²) in [5.74, 6) is 0. The molecule has 0 saturated heterocycles. The van der Waals surface area contributed by atoms with E-state index in [1.54, 1.807) is 0 Å². The molecule has 0 aliphatic carbocycles. The smallest absolute Gasteiger partial charge is 0.0842 e. The van der Waals surface area contributed by atoms with E-state index in [2.05, 4.69) is 11.6 Å². The highest BCUT2D eigenvalue weighted by atomic mass is 35.5. The molecule has 0 aliphatic heterocycles. The van der Waals surface area contributed by atoms with Gasteiger partial charge in [-0.2, -0.15) is 0 Å². The second-order valence-corrected chi connectivity index (χ2v) is 3.41. The molecule has 0 aromatic carbocycles. The maximum Gasteiger partial charge on any atom is 0.0842 e. The molecule has 0 bridgehead atoms. The van der Waals surface area contributed by atoms with Gasteiger partial charge in [0.05, 0.1) is 10.7 Å². The topological polar surface area (TPSA) is 12.9 Å². The third-order valence-electron chi connectivity index (χ3n) is 1.82. The van der Waals surface area contributed by atoms with Crippen molar-refractivity contribution >= 4 is 17.2 Å². The normalized spacial score (nSPS) is 9.00. The summed E-state index contributed by atoms with van der Waals surface area (Å²) in [6.07, 6.45) is 0. The summed E-state index contributed by atoms with van der Waals surface area (Å²) in [5, 5.41) is 0.686. The molecule has 1 heterocycles.